The molecule has 1 fully saturated rings. The maximum absolute atomic E-state index is 11.7. The molecule has 1 aliphatic rings. The van der Waals surface area contributed by atoms with Gasteiger partial charge in [0.15, 0.2) is 9.84 Å². The number of carbonyl (C=O) groups is 1. The lowest BCUT2D eigenvalue weighted by Gasteiger charge is -2.28. The van der Waals surface area contributed by atoms with Gasteiger partial charge in [0.25, 0.3) is 0 Å². The Balaban J connectivity index is 2.55. The van der Waals surface area contributed by atoms with Crippen LogP contribution in [-0.4, -0.2) is 45.1 Å². The highest BCUT2D eigenvalue weighted by molar-refractivity contribution is 7.90. The number of benzene rings is 1. The van der Waals surface area contributed by atoms with Crippen molar-refractivity contribution in [3.8, 4) is 5.75 Å². The maximum Gasteiger partial charge on any atom is 0.336 e. The highest BCUT2D eigenvalue weighted by Gasteiger charge is 2.27. The molecule has 1 aromatic carbocycles. The monoisotopic (exact) mass is 286 g/mol. The van der Waals surface area contributed by atoms with Gasteiger partial charge in [-0.15, -0.1) is 0 Å². The average molecular weight is 286 g/mol. The normalized spacial score (nSPS) is 15.9. The first kappa shape index (κ1) is 13.8. The van der Waals surface area contributed by atoms with Crippen molar-refractivity contribution in [2.45, 2.75) is 17.9 Å². The molecular formula is C12H14O6S. The smallest absolute Gasteiger partial charge is 0.336 e. The highest BCUT2D eigenvalue weighted by atomic mass is 32.2. The van der Waals surface area contributed by atoms with Crippen molar-refractivity contribution in [2.24, 2.45) is 0 Å². The van der Waals surface area contributed by atoms with E-state index in [1.54, 1.807) is 0 Å². The molecule has 1 saturated heterocycles. The summed E-state index contributed by atoms with van der Waals surface area (Å²) in [4.78, 5) is 11.1. The summed E-state index contributed by atoms with van der Waals surface area (Å²) in [7, 11) is -3.49. The van der Waals surface area contributed by atoms with E-state index in [4.69, 9.17) is 14.6 Å². The van der Waals surface area contributed by atoms with Gasteiger partial charge in [0.2, 0.25) is 0 Å². The molecule has 1 aromatic rings. The average Bonchev–Trinajstić information content (AvgIpc) is 2.22. The van der Waals surface area contributed by atoms with Gasteiger partial charge in [-0.1, -0.05) is 0 Å². The second-order valence-corrected chi connectivity index (χ2v) is 6.40. The molecule has 0 aromatic heterocycles. The maximum atomic E-state index is 11.7. The predicted octanol–water partition coefficient (Wildman–Crippen LogP) is 0.874. The highest BCUT2D eigenvalue weighted by Crippen LogP contribution is 2.32. The molecule has 19 heavy (non-hydrogen) atoms. The molecule has 6 nitrogen and oxygen atoms in total. The van der Waals surface area contributed by atoms with E-state index in [1.165, 1.54) is 19.1 Å². The lowest BCUT2D eigenvalue weighted by molar-refractivity contribution is -0.0809. The Morgan fingerprint density at radius 1 is 1.42 bits per heavy atom. The van der Waals surface area contributed by atoms with E-state index in [-0.39, 0.29) is 22.3 Å². The molecular weight excluding hydrogens is 272 g/mol. The molecule has 0 amide bonds. The Morgan fingerprint density at radius 3 is 2.47 bits per heavy atom. The Kier molecular flexibility index (Phi) is 3.51. The second kappa shape index (κ2) is 4.82. The summed E-state index contributed by atoms with van der Waals surface area (Å²) in [5, 5.41) is 9.06. The molecule has 0 radical (unpaired) electrons. The van der Waals surface area contributed by atoms with Gasteiger partial charge in [-0.25, -0.2) is 13.2 Å². The first-order chi connectivity index (χ1) is 8.80. The Bertz CT molecular complexity index is 615. The zero-order valence-corrected chi connectivity index (χ0v) is 11.4. The van der Waals surface area contributed by atoms with Gasteiger partial charge in [-0.3, -0.25) is 0 Å². The molecule has 1 aliphatic heterocycles. The van der Waals surface area contributed by atoms with Crippen molar-refractivity contribution < 1.29 is 27.8 Å². The van der Waals surface area contributed by atoms with E-state index >= 15 is 0 Å². The number of carboxylic acid groups (broad SMARTS) is 1. The molecule has 0 bridgehead atoms. The van der Waals surface area contributed by atoms with Gasteiger partial charge in [0.05, 0.1) is 18.8 Å². The van der Waals surface area contributed by atoms with E-state index < -0.39 is 15.8 Å². The minimum atomic E-state index is -3.49. The number of aromatic carboxylic acids is 1. The topological polar surface area (TPSA) is 89.9 Å². The SMILES string of the molecule is Cc1c(C(=O)O)ccc(S(C)(=O)=O)c1OC1COC1. The predicted molar refractivity (Wildman–Crippen MR) is 66.5 cm³/mol. The van der Waals surface area contributed by atoms with E-state index in [0.29, 0.717) is 18.8 Å². The summed E-state index contributed by atoms with van der Waals surface area (Å²) in [6.45, 7) is 2.28. The number of hydrogen-bond donors (Lipinski definition) is 1. The molecule has 2 rings (SSSR count). The molecule has 0 unspecified atom stereocenters. The summed E-state index contributed by atoms with van der Waals surface area (Å²) in [5.41, 5.74) is 0.338. The molecule has 0 spiro atoms. The van der Waals surface area contributed by atoms with Crippen molar-refractivity contribution in [3.05, 3.63) is 23.3 Å². The molecule has 1 heterocycles. The van der Waals surface area contributed by atoms with Gasteiger partial charge in [-0.05, 0) is 19.1 Å². The standard InChI is InChI=1S/C12H14O6S/c1-7-9(12(13)14)3-4-10(19(2,15)16)11(7)18-8-5-17-6-8/h3-4,8H,5-6H2,1-2H3,(H,13,14). The summed E-state index contributed by atoms with van der Waals surface area (Å²) in [5.74, 6) is -1.01. The van der Waals surface area contributed by atoms with Crippen LogP contribution < -0.4 is 4.74 Å². The first-order valence-corrected chi connectivity index (χ1v) is 7.51. The molecule has 104 valence electrons. The lowest BCUT2D eigenvalue weighted by Crippen LogP contribution is -2.39. The van der Waals surface area contributed by atoms with E-state index in [0.717, 1.165) is 6.26 Å². The molecule has 7 heteroatoms. The number of sulfone groups is 1. The zero-order chi connectivity index (χ0) is 14.2. The summed E-state index contributed by atoms with van der Waals surface area (Å²) >= 11 is 0. The third kappa shape index (κ3) is 2.71. The quantitative estimate of drug-likeness (QED) is 0.883. The Hall–Kier alpha value is -1.60. The Labute approximate surface area is 110 Å². The fraction of sp³-hybridized carbons (Fsp3) is 0.417. The number of hydrogen-bond acceptors (Lipinski definition) is 5. The largest absolute Gasteiger partial charge is 0.484 e. The third-order valence-corrected chi connectivity index (χ3v) is 4.01. The number of ether oxygens (including phenoxy) is 2. The Morgan fingerprint density at radius 2 is 2.05 bits per heavy atom. The van der Waals surface area contributed by atoms with Crippen molar-refractivity contribution >= 4 is 15.8 Å². The van der Waals surface area contributed by atoms with Crippen LogP contribution in [0.1, 0.15) is 15.9 Å². The van der Waals surface area contributed by atoms with Crippen LogP contribution in [0.3, 0.4) is 0 Å². The lowest BCUT2D eigenvalue weighted by atomic mass is 10.1. The van der Waals surface area contributed by atoms with Crippen LogP contribution in [-0.2, 0) is 14.6 Å². The number of carboxylic acids is 1. The van der Waals surface area contributed by atoms with Gasteiger partial charge in [0, 0.05) is 11.8 Å². The van der Waals surface area contributed by atoms with Crippen LogP contribution in [0, 0.1) is 6.92 Å². The van der Waals surface area contributed by atoms with Crippen LogP contribution in [0.2, 0.25) is 0 Å². The molecule has 0 saturated carbocycles. The molecule has 1 N–H and O–H groups in total. The fourth-order valence-electron chi connectivity index (χ4n) is 1.79. The van der Waals surface area contributed by atoms with Gasteiger partial charge in [-0.2, -0.15) is 0 Å². The summed E-state index contributed by atoms with van der Waals surface area (Å²) < 4.78 is 34.0. The number of rotatable bonds is 4. The van der Waals surface area contributed by atoms with Crippen LogP contribution in [0.4, 0.5) is 0 Å². The van der Waals surface area contributed by atoms with Gasteiger partial charge < -0.3 is 14.6 Å². The van der Waals surface area contributed by atoms with Crippen molar-refractivity contribution in [1.82, 2.24) is 0 Å². The zero-order valence-electron chi connectivity index (χ0n) is 10.5. The van der Waals surface area contributed by atoms with Crippen LogP contribution >= 0.6 is 0 Å². The minimum absolute atomic E-state index is 0.00176. The first-order valence-electron chi connectivity index (χ1n) is 5.62. The van der Waals surface area contributed by atoms with E-state index in [1.807, 2.05) is 0 Å². The van der Waals surface area contributed by atoms with Crippen LogP contribution in [0.15, 0.2) is 17.0 Å². The van der Waals surface area contributed by atoms with Crippen LogP contribution in [0.5, 0.6) is 5.75 Å². The van der Waals surface area contributed by atoms with E-state index in [2.05, 4.69) is 0 Å². The minimum Gasteiger partial charge on any atom is -0.484 e. The van der Waals surface area contributed by atoms with E-state index in [9.17, 15) is 13.2 Å². The van der Waals surface area contributed by atoms with Crippen LogP contribution in [0.25, 0.3) is 0 Å². The molecule has 0 aliphatic carbocycles. The van der Waals surface area contributed by atoms with Crippen molar-refractivity contribution in [3.63, 3.8) is 0 Å². The van der Waals surface area contributed by atoms with Crippen molar-refractivity contribution in [1.29, 1.82) is 0 Å². The van der Waals surface area contributed by atoms with Gasteiger partial charge >= 0.3 is 5.97 Å². The second-order valence-electron chi connectivity index (χ2n) is 4.42. The van der Waals surface area contributed by atoms with Crippen molar-refractivity contribution in [2.75, 3.05) is 19.5 Å². The summed E-state index contributed by atoms with van der Waals surface area (Å²) in [6.07, 6.45) is 0.829. The van der Waals surface area contributed by atoms with Gasteiger partial charge in [0.1, 0.15) is 16.7 Å². The molecule has 0 atom stereocenters. The third-order valence-electron chi connectivity index (χ3n) is 2.89. The summed E-state index contributed by atoms with van der Waals surface area (Å²) in [6, 6.07) is 2.54. The fourth-order valence-corrected chi connectivity index (χ4v) is 2.64.